The molecule has 0 bridgehead atoms. The summed E-state index contributed by atoms with van der Waals surface area (Å²) in [6, 6.07) is 5.42. The third kappa shape index (κ3) is 5.86. The number of halogens is 2. The molecule has 1 rings (SSSR count). The zero-order valence-corrected chi connectivity index (χ0v) is 14.9. The summed E-state index contributed by atoms with van der Waals surface area (Å²) >= 11 is 17.5. The molecule has 0 aliphatic rings. The second-order valence-corrected chi connectivity index (χ2v) is 8.00. The van der Waals surface area contributed by atoms with E-state index in [9.17, 15) is 0 Å². The van der Waals surface area contributed by atoms with Crippen LogP contribution in [0.25, 0.3) is 0 Å². The number of nitrogens with one attached hydrogen (secondary N) is 2. The van der Waals surface area contributed by atoms with Crippen molar-refractivity contribution in [2.45, 2.75) is 46.6 Å². The van der Waals surface area contributed by atoms with Crippen LogP contribution in [0.5, 0.6) is 0 Å². The minimum absolute atomic E-state index is 0.104. The fourth-order valence-corrected chi connectivity index (χ4v) is 3.17. The Morgan fingerprint density at radius 1 is 1.15 bits per heavy atom. The van der Waals surface area contributed by atoms with Gasteiger partial charge < -0.3 is 10.6 Å². The Kier molecular flexibility index (Phi) is 5.70. The molecule has 0 amide bonds. The molecule has 0 saturated carbocycles. The van der Waals surface area contributed by atoms with Crippen molar-refractivity contribution in [2.75, 3.05) is 5.32 Å². The largest absolute Gasteiger partial charge is 0.358 e. The first-order valence-electron chi connectivity index (χ1n) is 6.53. The summed E-state index contributed by atoms with van der Waals surface area (Å²) in [4.78, 5) is 0. The Hall–Kier alpha value is -0.510. The van der Waals surface area contributed by atoms with E-state index >= 15 is 0 Å². The lowest BCUT2D eigenvalue weighted by Crippen LogP contribution is -2.47. The summed E-state index contributed by atoms with van der Waals surface area (Å²) < 4.78 is 0. The first-order valence-corrected chi connectivity index (χ1v) is 7.70. The van der Waals surface area contributed by atoms with Gasteiger partial charge in [-0.2, -0.15) is 0 Å². The molecule has 0 aliphatic carbocycles. The molecule has 0 spiro atoms. The molecule has 2 N–H and O–H groups in total. The van der Waals surface area contributed by atoms with Gasteiger partial charge in [-0.1, -0.05) is 50.0 Å². The molecular weight excluding hydrogens is 311 g/mol. The van der Waals surface area contributed by atoms with Gasteiger partial charge in [0.1, 0.15) is 0 Å². The molecule has 1 aromatic rings. The fraction of sp³-hybridized carbons (Fsp3) is 0.533. The van der Waals surface area contributed by atoms with Gasteiger partial charge in [-0.15, -0.1) is 0 Å². The smallest absolute Gasteiger partial charge is 0.171 e. The summed E-state index contributed by atoms with van der Waals surface area (Å²) in [5.41, 5.74) is 0.830. The monoisotopic (exact) mass is 332 g/mol. The predicted octanol–water partition coefficient (Wildman–Crippen LogP) is 5.49. The molecule has 5 heteroatoms. The van der Waals surface area contributed by atoms with Gasteiger partial charge in [0.15, 0.2) is 5.11 Å². The lowest BCUT2D eigenvalue weighted by atomic mass is 9.82. The van der Waals surface area contributed by atoms with Crippen molar-refractivity contribution in [1.82, 2.24) is 5.32 Å². The zero-order valence-electron chi connectivity index (χ0n) is 12.6. The lowest BCUT2D eigenvalue weighted by Gasteiger charge is -2.34. The molecule has 0 heterocycles. The van der Waals surface area contributed by atoms with Gasteiger partial charge >= 0.3 is 0 Å². The van der Waals surface area contributed by atoms with Crippen LogP contribution in [0.1, 0.15) is 41.0 Å². The van der Waals surface area contributed by atoms with Gasteiger partial charge in [0, 0.05) is 5.54 Å². The Bertz CT molecular complexity index is 493. The van der Waals surface area contributed by atoms with Crippen LogP contribution < -0.4 is 10.6 Å². The number of benzene rings is 1. The van der Waals surface area contributed by atoms with Gasteiger partial charge in [-0.25, -0.2) is 0 Å². The number of anilines is 1. The van der Waals surface area contributed by atoms with Gasteiger partial charge in [-0.05, 0) is 50.0 Å². The highest BCUT2D eigenvalue weighted by Gasteiger charge is 2.26. The lowest BCUT2D eigenvalue weighted by molar-refractivity contribution is 0.268. The molecule has 20 heavy (non-hydrogen) atoms. The maximum atomic E-state index is 6.13. The Labute approximate surface area is 137 Å². The van der Waals surface area contributed by atoms with E-state index in [1.165, 1.54) is 0 Å². The van der Waals surface area contributed by atoms with E-state index in [1.807, 2.05) is 12.1 Å². The Morgan fingerprint density at radius 3 is 2.30 bits per heavy atom. The van der Waals surface area contributed by atoms with E-state index in [-0.39, 0.29) is 11.0 Å². The van der Waals surface area contributed by atoms with Crippen LogP contribution >= 0.6 is 35.4 Å². The summed E-state index contributed by atoms with van der Waals surface area (Å²) in [5.74, 6) is 0. The third-order valence-corrected chi connectivity index (χ3v) is 3.65. The maximum Gasteiger partial charge on any atom is 0.171 e. The highest BCUT2D eigenvalue weighted by Crippen LogP contribution is 2.30. The van der Waals surface area contributed by atoms with Crippen LogP contribution in [0.15, 0.2) is 18.2 Å². The first-order chi connectivity index (χ1) is 9.00. The SMILES string of the molecule is CC(C)(C)CC(C)(C)NC(=S)Nc1cccc(Cl)c1Cl. The predicted molar refractivity (Wildman–Crippen MR) is 94.0 cm³/mol. The quantitative estimate of drug-likeness (QED) is 0.715. The average Bonchev–Trinajstić information content (AvgIpc) is 2.20. The van der Waals surface area contributed by atoms with Crippen LogP contribution in [0, 0.1) is 5.41 Å². The molecule has 0 fully saturated rings. The third-order valence-electron chi connectivity index (χ3n) is 2.62. The standard InChI is InChI=1S/C15H22Cl2N2S/c1-14(2,3)9-15(4,5)19-13(20)18-11-8-6-7-10(16)12(11)17/h6-8H,9H2,1-5H3,(H2,18,19,20). The normalized spacial score (nSPS) is 12.2. The maximum absolute atomic E-state index is 6.13. The van der Waals surface area contributed by atoms with Gasteiger partial charge in [0.2, 0.25) is 0 Å². The van der Waals surface area contributed by atoms with Gasteiger partial charge in [-0.3, -0.25) is 0 Å². The van der Waals surface area contributed by atoms with Crippen molar-refractivity contribution in [3.05, 3.63) is 28.2 Å². The molecule has 0 aromatic heterocycles. The van der Waals surface area contributed by atoms with Crippen LogP contribution in [0.2, 0.25) is 10.0 Å². The van der Waals surface area contributed by atoms with Crippen LogP contribution in [-0.4, -0.2) is 10.7 Å². The van der Waals surface area contributed by atoms with Gasteiger partial charge in [0.05, 0.1) is 15.7 Å². The van der Waals surface area contributed by atoms with Crippen molar-refractivity contribution < 1.29 is 0 Å². The average molecular weight is 333 g/mol. The summed E-state index contributed by atoms with van der Waals surface area (Å²) in [6.45, 7) is 10.9. The van der Waals surface area contributed by atoms with E-state index in [1.54, 1.807) is 6.07 Å². The number of hydrogen-bond donors (Lipinski definition) is 2. The minimum Gasteiger partial charge on any atom is -0.358 e. The zero-order chi connectivity index (χ0) is 15.6. The van der Waals surface area contributed by atoms with Crippen molar-refractivity contribution in [1.29, 1.82) is 0 Å². The van der Waals surface area contributed by atoms with E-state index in [4.69, 9.17) is 35.4 Å². The number of thiocarbonyl (C=S) groups is 1. The van der Waals surface area contributed by atoms with E-state index in [2.05, 4.69) is 45.3 Å². The molecule has 0 saturated heterocycles. The minimum atomic E-state index is -0.104. The molecular formula is C15H22Cl2N2S. The molecule has 0 aliphatic heterocycles. The Balaban J connectivity index is 2.70. The summed E-state index contributed by atoms with van der Waals surface area (Å²) in [5, 5.41) is 7.95. The highest BCUT2D eigenvalue weighted by molar-refractivity contribution is 7.80. The van der Waals surface area contributed by atoms with Crippen LogP contribution in [0.4, 0.5) is 5.69 Å². The fourth-order valence-electron chi connectivity index (χ4n) is 2.43. The number of hydrogen-bond acceptors (Lipinski definition) is 1. The molecule has 2 nitrogen and oxygen atoms in total. The molecule has 0 atom stereocenters. The summed E-state index contributed by atoms with van der Waals surface area (Å²) in [7, 11) is 0. The van der Waals surface area contributed by atoms with Gasteiger partial charge in [0.25, 0.3) is 0 Å². The summed E-state index contributed by atoms with van der Waals surface area (Å²) in [6.07, 6.45) is 0.991. The van der Waals surface area contributed by atoms with E-state index in [0.717, 1.165) is 6.42 Å². The number of rotatable bonds is 3. The van der Waals surface area contributed by atoms with Crippen molar-refractivity contribution >= 4 is 46.2 Å². The topological polar surface area (TPSA) is 24.1 Å². The van der Waals surface area contributed by atoms with Crippen LogP contribution in [-0.2, 0) is 0 Å². The van der Waals surface area contributed by atoms with Crippen molar-refractivity contribution in [3.63, 3.8) is 0 Å². The van der Waals surface area contributed by atoms with Crippen molar-refractivity contribution in [3.8, 4) is 0 Å². The first kappa shape index (κ1) is 17.5. The second kappa shape index (κ2) is 6.50. The molecule has 112 valence electrons. The molecule has 0 unspecified atom stereocenters. The van der Waals surface area contributed by atoms with Crippen molar-refractivity contribution in [2.24, 2.45) is 5.41 Å². The van der Waals surface area contributed by atoms with E-state index in [0.29, 0.717) is 20.8 Å². The Morgan fingerprint density at radius 2 is 1.75 bits per heavy atom. The highest BCUT2D eigenvalue weighted by atomic mass is 35.5. The second-order valence-electron chi connectivity index (χ2n) is 6.80. The molecule has 0 radical (unpaired) electrons. The van der Waals surface area contributed by atoms with E-state index < -0.39 is 0 Å². The molecule has 1 aromatic carbocycles. The van der Waals surface area contributed by atoms with Crippen LogP contribution in [0.3, 0.4) is 0 Å².